The summed E-state index contributed by atoms with van der Waals surface area (Å²) in [5, 5.41) is 9.47. The van der Waals surface area contributed by atoms with Crippen molar-refractivity contribution in [1.29, 1.82) is 0 Å². The van der Waals surface area contributed by atoms with Crippen LogP contribution in [-0.4, -0.2) is 10.1 Å². The average molecular weight is 354 g/mol. The number of nitrogen functional groups attached to an aromatic ring is 1. The number of rotatable bonds is 3. The molecule has 4 aromatic rings. The van der Waals surface area contributed by atoms with Gasteiger partial charge in [-0.1, -0.05) is 78.9 Å². The molecular formula is C24H22N2O. The molecule has 3 N–H and O–H groups in total. The van der Waals surface area contributed by atoms with Crippen LogP contribution in [0, 0.1) is 0 Å². The Morgan fingerprint density at radius 2 is 1.22 bits per heavy atom. The van der Waals surface area contributed by atoms with Crippen molar-refractivity contribution in [2.75, 3.05) is 5.73 Å². The molecule has 27 heavy (non-hydrogen) atoms. The minimum Gasteiger partial charge on any atom is -0.398 e. The van der Waals surface area contributed by atoms with Crippen LogP contribution in [0.25, 0.3) is 22.3 Å². The van der Waals surface area contributed by atoms with Gasteiger partial charge in [0.15, 0.2) is 0 Å². The Morgan fingerprint density at radius 1 is 0.667 bits per heavy atom. The molecule has 3 nitrogen and oxygen atoms in total. The summed E-state index contributed by atoms with van der Waals surface area (Å²) in [4.78, 5) is 3.78. The third kappa shape index (κ3) is 4.60. The quantitative estimate of drug-likeness (QED) is 0.499. The summed E-state index contributed by atoms with van der Waals surface area (Å²) in [7, 11) is 0. The summed E-state index contributed by atoms with van der Waals surface area (Å²) < 4.78 is 0. The minimum atomic E-state index is -0.0548. The van der Waals surface area contributed by atoms with Gasteiger partial charge < -0.3 is 10.8 Å². The van der Waals surface area contributed by atoms with Crippen molar-refractivity contribution in [2.45, 2.75) is 6.61 Å². The number of aliphatic hydroxyl groups excluding tert-OH is 1. The Labute approximate surface area is 159 Å². The maximum Gasteiger partial charge on any atom is 0.0702 e. The number of hydrogen-bond donors (Lipinski definition) is 2. The Balaban J connectivity index is 0.000000299. The van der Waals surface area contributed by atoms with E-state index in [1.807, 2.05) is 78.9 Å². The normalized spacial score (nSPS) is 9.96. The number of hydrogen-bond acceptors (Lipinski definition) is 3. The van der Waals surface area contributed by atoms with Crippen LogP contribution in [-0.2, 0) is 6.61 Å². The molecule has 3 aromatic carbocycles. The van der Waals surface area contributed by atoms with E-state index in [0.717, 1.165) is 27.8 Å². The second-order valence-corrected chi connectivity index (χ2v) is 5.98. The second-order valence-electron chi connectivity index (χ2n) is 5.98. The van der Waals surface area contributed by atoms with Gasteiger partial charge in [0.05, 0.1) is 6.61 Å². The standard InChI is InChI=1S/C19H17NO.C5H5N/c20-19-16(13-21)11-12-17(14-7-3-1-4-8-14)18(19)15-9-5-2-6-10-15;1-2-4-6-5-3-1/h1-12,21H,13,20H2;1-5H. The van der Waals surface area contributed by atoms with Crippen LogP contribution in [0.5, 0.6) is 0 Å². The average Bonchev–Trinajstić information content (AvgIpc) is 2.76. The van der Waals surface area contributed by atoms with Crippen molar-refractivity contribution in [3.8, 4) is 22.3 Å². The molecule has 0 spiro atoms. The summed E-state index contributed by atoms with van der Waals surface area (Å²) in [5.74, 6) is 0. The summed E-state index contributed by atoms with van der Waals surface area (Å²) in [6.07, 6.45) is 3.50. The van der Waals surface area contributed by atoms with Gasteiger partial charge in [0.25, 0.3) is 0 Å². The highest BCUT2D eigenvalue weighted by Gasteiger charge is 2.13. The molecule has 0 bridgehead atoms. The van der Waals surface area contributed by atoms with E-state index >= 15 is 0 Å². The summed E-state index contributed by atoms with van der Waals surface area (Å²) in [6.45, 7) is -0.0548. The lowest BCUT2D eigenvalue weighted by molar-refractivity contribution is 0.282. The summed E-state index contributed by atoms with van der Waals surface area (Å²) in [6, 6.07) is 29.9. The van der Waals surface area contributed by atoms with E-state index in [2.05, 4.69) is 17.1 Å². The van der Waals surface area contributed by atoms with Crippen molar-refractivity contribution in [1.82, 2.24) is 4.98 Å². The fraction of sp³-hybridized carbons (Fsp3) is 0.0417. The summed E-state index contributed by atoms with van der Waals surface area (Å²) in [5.41, 5.74) is 11.9. The smallest absolute Gasteiger partial charge is 0.0702 e. The zero-order valence-electron chi connectivity index (χ0n) is 15.0. The van der Waals surface area contributed by atoms with Crippen molar-refractivity contribution < 1.29 is 5.11 Å². The molecule has 1 heterocycles. The van der Waals surface area contributed by atoms with E-state index in [1.54, 1.807) is 12.4 Å². The molecule has 0 atom stereocenters. The maximum atomic E-state index is 9.47. The van der Waals surface area contributed by atoms with Crippen molar-refractivity contribution in [2.24, 2.45) is 0 Å². The molecule has 0 saturated heterocycles. The third-order valence-corrected chi connectivity index (χ3v) is 4.22. The maximum absolute atomic E-state index is 9.47. The molecule has 0 radical (unpaired) electrons. The van der Waals surface area contributed by atoms with Gasteiger partial charge in [-0.2, -0.15) is 0 Å². The van der Waals surface area contributed by atoms with Gasteiger partial charge in [0.2, 0.25) is 0 Å². The molecular weight excluding hydrogens is 332 g/mol. The largest absolute Gasteiger partial charge is 0.398 e. The van der Waals surface area contributed by atoms with Crippen LogP contribution in [0.1, 0.15) is 5.56 Å². The summed E-state index contributed by atoms with van der Waals surface area (Å²) >= 11 is 0. The van der Waals surface area contributed by atoms with Crippen molar-refractivity contribution >= 4 is 5.69 Å². The van der Waals surface area contributed by atoms with Gasteiger partial charge in [0, 0.05) is 29.2 Å². The second kappa shape index (κ2) is 9.32. The Bertz CT molecular complexity index is 929. The molecule has 1 aromatic heterocycles. The van der Waals surface area contributed by atoms with Crippen molar-refractivity contribution in [3.05, 3.63) is 109 Å². The van der Waals surface area contributed by atoms with Gasteiger partial charge in [0.1, 0.15) is 0 Å². The molecule has 0 unspecified atom stereocenters. The van der Waals surface area contributed by atoms with E-state index in [0.29, 0.717) is 5.69 Å². The first-order valence-corrected chi connectivity index (χ1v) is 8.79. The van der Waals surface area contributed by atoms with E-state index in [4.69, 9.17) is 5.73 Å². The van der Waals surface area contributed by atoms with E-state index in [1.165, 1.54) is 0 Å². The lowest BCUT2D eigenvalue weighted by Crippen LogP contribution is -1.99. The highest BCUT2D eigenvalue weighted by molar-refractivity contribution is 5.92. The van der Waals surface area contributed by atoms with E-state index < -0.39 is 0 Å². The van der Waals surface area contributed by atoms with Crippen LogP contribution in [0.4, 0.5) is 5.69 Å². The fourth-order valence-corrected chi connectivity index (χ4v) is 2.89. The van der Waals surface area contributed by atoms with E-state index in [-0.39, 0.29) is 6.61 Å². The molecule has 0 aliphatic heterocycles. The first-order valence-electron chi connectivity index (χ1n) is 8.79. The van der Waals surface area contributed by atoms with Gasteiger partial charge in [-0.05, 0) is 28.8 Å². The number of aliphatic hydroxyl groups is 1. The van der Waals surface area contributed by atoms with Gasteiger partial charge >= 0.3 is 0 Å². The molecule has 0 saturated carbocycles. The number of anilines is 1. The zero-order chi connectivity index (χ0) is 18.9. The van der Waals surface area contributed by atoms with Gasteiger partial charge in [-0.3, -0.25) is 4.98 Å². The predicted molar refractivity (Wildman–Crippen MR) is 112 cm³/mol. The number of nitrogens with two attached hydrogens (primary N) is 1. The lowest BCUT2D eigenvalue weighted by Gasteiger charge is -2.16. The highest BCUT2D eigenvalue weighted by Crippen LogP contribution is 2.38. The van der Waals surface area contributed by atoms with Crippen LogP contribution < -0.4 is 5.73 Å². The lowest BCUT2D eigenvalue weighted by atomic mass is 9.91. The molecule has 4 rings (SSSR count). The van der Waals surface area contributed by atoms with Gasteiger partial charge in [-0.25, -0.2) is 0 Å². The van der Waals surface area contributed by atoms with Crippen LogP contribution in [0.2, 0.25) is 0 Å². The van der Waals surface area contributed by atoms with Crippen LogP contribution in [0.15, 0.2) is 103 Å². The number of aromatic nitrogens is 1. The number of pyridine rings is 1. The molecule has 0 amide bonds. The van der Waals surface area contributed by atoms with Crippen LogP contribution >= 0.6 is 0 Å². The zero-order valence-corrected chi connectivity index (χ0v) is 15.0. The van der Waals surface area contributed by atoms with Gasteiger partial charge in [-0.15, -0.1) is 0 Å². The fourth-order valence-electron chi connectivity index (χ4n) is 2.89. The Hall–Kier alpha value is -3.43. The third-order valence-electron chi connectivity index (χ3n) is 4.22. The highest BCUT2D eigenvalue weighted by atomic mass is 16.3. The first kappa shape index (κ1) is 18.4. The Kier molecular flexibility index (Phi) is 6.34. The molecule has 134 valence electrons. The molecule has 0 aliphatic carbocycles. The topological polar surface area (TPSA) is 59.1 Å². The predicted octanol–water partition coefficient (Wildman–Crippen LogP) is 5.18. The SMILES string of the molecule is Nc1c(CO)ccc(-c2ccccc2)c1-c1ccccc1.c1ccncc1. The number of benzene rings is 3. The number of nitrogens with zero attached hydrogens (tertiary/aromatic N) is 1. The van der Waals surface area contributed by atoms with Crippen LogP contribution in [0.3, 0.4) is 0 Å². The minimum absolute atomic E-state index is 0.0548. The molecule has 0 fully saturated rings. The van der Waals surface area contributed by atoms with E-state index in [9.17, 15) is 5.11 Å². The van der Waals surface area contributed by atoms with Crippen molar-refractivity contribution in [3.63, 3.8) is 0 Å². The molecule has 3 heteroatoms. The first-order chi connectivity index (χ1) is 13.3. The molecule has 0 aliphatic rings. The Morgan fingerprint density at radius 3 is 1.70 bits per heavy atom. The monoisotopic (exact) mass is 354 g/mol.